The monoisotopic (exact) mass is 262 g/mol. The Bertz CT molecular complexity index is 237. The molecule has 2 heterocycles. The second-order valence-corrected chi connectivity index (χ2v) is 4.76. The van der Waals surface area contributed by atoms with Gasteiger partial charge in [-0.1, -0.05) is 6.42 Å². The van der Waals surface area contributed by atoms with Crippen molar-refractivity contribution in [3.8, 4) is 0 Å². The number of amides is 1. The molecule has 0 aromatic rings. The third-order valence-corrected chi connectivity index (χ3v) is 3.70. The molecule has 0 aliphatic carbocycles. The average molecular weight is 263 g/mol. The fourth-order valence-corrected chi connectivity index (χ4v) is 2.59. The van der Waals surface area contributed by atoms with Gasteiger partial charge in [0.25, 0.3) is 0 Å². The van der Waals surface area contributed by atoms with Crippen molar-refractivity contribution in [3.63, 3.8) is 0 Å². The molecule has 0 spiro atoms. The van der Waals surface area contributed by atoms with E-state index in [9.17, 15) is 4.79 Å². The van der Waals surface area contributed by atoms with Crippen molar-refractivity contribution < 1.29 is 9.53 Å². The van der Waals surface area contributed by atoms with E-state index in [4.69, 9.17) is 4.74 Å². The van der Waals surface area contributed by atoms with E-state index in [0.29, 0.717) is 12.0 Å². The summed E-state index contributed by atoms with van der Waals surface area (Å²) in [7, 11) is 1.75. The van der Waals surface area contributed by atoms with E-state index in [-0.39, 0.29) is 18.4 Å². The number of carbonyl (C=O) groups excluding carboxylic acids is 1. The predicted molar refractivity (Wildman–Crippen MR) is 69.5 cm³/mol. The molecule has 5 heteroatoms. The summed E-state index contributed by atoms with van der Waals surface area (Å²) < 4.78 is 5.31. The molecular formula is C12H23ClN2O2. The van der Waals surface area contributed by atoms with Crippen molar-refractivity contribution in [2.45, 2.75) is 44.2 Å². The molecule has 1 unspecified atom stereocenters. The first-order valence-corrected chi connectivity index (χ1v) is 6.36. The van der Waals surface area contributed by atoms with Gasteiger partial charge in [-0.05, 0) is 32.2 Å². The van der Waals surface area contributed by atoms with Crippen LogP contribution in [0.1, 0.15) is 32.1 Å². The van der Waals surface area contributed by atoms with Crippen LogP contribution in [0.2, 0.25) is 0 Å². The lowest BCUT2D eigenvalue weighted by molar-refractivity contribution is -0.136. The Balaban J connectivity index is 0.00000144. The predicted octanol–water partition coefficient (Wildman–Crippen LogP) is 1.19. The van der Waals surface area contributed by atoms with Crippen molar-refractivity contribution in [2.24, 2.45) is 0 Å². The molecule has 1 amide bonds. The number of nitrogens with zero attached hydrogens (tertiary/aromatic N) is 1. The first-order valence-electron chi connectivity index (χ1n) is 6.36. The SMILES string of the molecule is COC1CCN(C(=O)C2CCCCN2)CC1.Cl. The fourth-order valence-electron chi connectivity index (χ4n) is 2.59. The third kappa shape index (κ3) is 3.83. The number of carbonyl (C=O) groups is 1. The number of nitrogens with one attached hydrogen (secondary N) is 1. The van der Waals surface area contributed by atoms with Crippen molar-refractivity contribution in [1.82, 2.24) is 10.2 Å². The molecule has 4 nitrogen and oxygen atoms in total. The quantitative estimate of drug-likeness (QED) is 0.813. The molecule has 17 heavy (non-hydrogen) atoms. The van der Waals surface area contributed by atoms with Gasteiger partial charge in [-0.3, -0.25) is 4.79 Å². The molecule has 1 N–H and O–H groups in total. The lowest BCUT2D eigenvalue weighted by Gasteiger charge is -2.35. The molecule has 2 saturated heterocycles. The minimum absolute atomic E-state index is 0. The molecule has 2 rings (SSSR count). The fraction of sp³-hybridized carbons (Fsp3) is 0.917. The van der Waals surface area contributed by atoms with Gasteiger partial charge in [0.15, 0.2) is 0 Å². The number of methoxy groups -OCH3 is 1. The summed E-state index contributed by atoms with van der Waals surface area (Å²) in [5, 5.41) is 3.32. The Kier molecular flexibility index (Phi) is 6.23. The first kappa shape index (κ1) is 14.7. The Morgan fingerprint density at radius 3 is 2.47 bits per heavy atom. The smallest absolute Gasteiger partial charge is 0.239 e. The Morgan fingerprint density at radius 2 is 1.94 bits per heavy atom. The Morgan fingerprint density at radius 1 is 1.24 bits per heavy atom. The van der Waals surface area contributed by atoms with Crippen molar-refractivity contribution in [1.29, 1.82) is 0 Å². The maximum absolute atomic E-state index is 12.2. The second kappa shape index (κ2) is 7.19. The van der Waals surface area contributed by atoms with Gasteiger partial charge in [0, 0.05) is 20.2 Å². The summed E-state index contributed by atoms with van der Waals surface area (Å²) in [5.41, 5.74) is 0. The Hall–Kier alpha value is -0.320. The van der Waals surface area contributed by atoms with Crippen LogP contribution in [0.25, 0.3) is 0 Å². The summed E-state index contributed by atoms with van der Waals surface area (Å²) in [4.78, 5) is 14.2. The molecule has 1 atom stereocenters. The van der Waals surface area contributed by atoms with Crippen LogP contribution in [0.15, 0.2) is 0 Å². The zero-order chi connectivity index (χ0) is 11.4. The lowest BCUT2D eigenvalue weighted by atomic mass is 10.0. The van der Waals surface area contributed by atoms with Gasteiger partial charge < -0.3 is 15.0 Å². The van der Waals surface area contributed by atoms with Gasteiger partial charge in [0.05, 0.1) is 12.1 Å². The Labute approximate surface area is 109 Å². The topological polar surface area (TPSA) is 41.6 Å². The summed E-state index contributed by atoms with van der Waals surface area (Å²) in [6.45, 7) is 2.70. The molecule has 2 aliphatic heterocycles. The number of hydrogen-bond donors (Lipinski definition) is 1. The van der Waals surface area contributed by atoms with Gasteiger partial charge in [-0.15, -0.1) is 12.4 Å². The van der Waals surface area contributed by atoms with Gasteiger partial charge in [0.2, 0.25) is 5.91 Å². The molecule has 0 aromatic carbocycles. The standard InChI is InChI=1S/C12H22N2O2.ClH/c1-16-10-5-8-14(9-6-10)12(15)11-4-2-3-7-13-11;/h10-11,13H,2-9H2,1H3;1H. The summed E-state index contributed by atoms with van der Waals surface area (Å²) in [5.74, 6) is 0.300. The maximum Gasteiger partial charge on any atom is 0.239 e. The van der Waals surface area contributed by atoms with Crippen LogP contribution in [0.5, 0.6) is 0 Å². The van der Waals surface area contributed by atoms with Crippen LogP contribution in [0.4, 0.5) is 0 Å². The summed E-state index contributed by atoms with van der Waals surface area (Å²) >= 11 is 0. The molecule has 0 radical (unpaired) electrons. The number of piperidine rings is 2. The third-order valence-electron chi connectivity index (χ3n) is 3.70. The maximum atomic E-state index is 12.2. The van der Waals surface area contributed by atoms with E-state index >= 15 is 0 Å². The highest BCUT2D eigenvalue weighted by molar-refractivity contribution is 5.85. The molecule has 2 fully saturated rings. The number of ether oxygens (including phenoxy) is 1. The summed E-state index contributed by atoms with van der Waals surface area (Å²) in [6.07, 6.45) is 5.70. The van der Waals surface area contributed by atoms with Crippen molar-refractivity contribution in [2.75, 3.05) is 26.7 Å². The van der Waals surface area contributed by atoms with E-state index in [1.54, 1.807) is 7.11 Å². The summed E-state index contributed by atoms with van der Waals surface area (Å²) in [6, 6.07) is 0.0767. The van der Waals surface area contributed by atoms with Gasteiger partial charge in [0.1, 0.15) is 0 Å². The number of rotatable bonds is 2. The van der Waals surface area contributed by atoms with Crippen LogP contribution in [0, 0.1) is 0 Å². The molecule has 100 valence electrons. The number of hydrogen-bond acceptors (Lipinski definition) is 3. The highest BCUT2D eigenvalue weighted by atomic mass is 35.5. The highest BCUT2D eigenvalue weighted by Gasteiger charge is 2.28. The average Bonchev–Trinajstić information content (AvgIpc) is 2.39. The molecule has 0 saturated carbocycles. The van der Waals surface area contributed by atoms with Crippen molar-refractivity contribution in [3.05, 3.63) is 0 Å². The van der Waals surface area contributed by atoms with Crippen LogP contribution in [0.3, 0.4) is 0 Å². The first-order chi connectivity index (χ1) is 7.81. The normalized spacial score (nSPS) is 26.4. The number of halogens is 1. The van der Waals surface area contributed by atoms with Crippen molar-refractivity contribution >= 4 is 18.3 Å². The van der Waals surface area contributed by atoms with Crippen LogP contribution < -0.4 is 5.32 Å². The molecular weight excluding hydrogens is 240 g/mol. The van der Waals surface area contributed by atoms with Crippen LogP contribution in [-0.4, -0.2) is 49.7 Å². The largest absolute Gasteiger partial charge is 0.381 e. The van der Waals surface area contributed by atoms with E-state index in [0.717, 1.165) is 38.9 Å². The van der Waals surface area contributed by atoms with Gasteiger partial charge in [-0.2, -0.15) is 0 Å². The van der Waals surface area contributed by atoms with Crippen LogP contribution in [-0.2, 0) is 9.53 Å². The second-order valence-electron chi connectivity index (χ2n) is 4.76. The van der Waals surface area contributed by atoms with E-state index in [1.807, 2.05) is 4.90 Å². The van der Waals surface area contributed by atoms with E-state index in [1.165, 1.54) is 12.8 Å². The zero-order valence-corrected chi connectivity index (χ0v) is 11.3. The highest BCUT2D eigenvalue weighted by Crippen LogP contribution is 2.16. The lowest BCUT2D eigenvalue weighted by Crippen LogP contribution is -2.51. The number of likely N-dealkylation sites (tertiary alicyclic amines) is 1. The van der Waals surface area contributed by atoms with Crippen LogP contribution >= 0.6 is 12.4 Å². The van der Waals surface area contributed by atoms with E-state index < -0.39 is 0 Å². The van der Waals surface area contributed by atoms with Gasteiger partial charge >= 0.3 is 0 Å². The molecule has 2 aliphatic rings. The van der Waals surface area contributed by atoms with E-state index in [2.05, 4.69) is 5.32 Å². The van der Waals surface area contributed by atoms with Gasteiger partial charge in [-0.25, -0.2) is 0 Å². The molecule has 0 bridgehead atoms. The molecule has 0 aromatic heterocycles. The minimum Gasteiger partial charge on any atom is -0.381 e. The minimum atomic E-state index is 0. The zero-order valence-electron chi connectivity index (χ0n) is 10.5.